The van der Waals surface area contributed by atoms with Gasteiger partial charge in [-0.05, 0) is 51.0 Å². The minimum absolute atomic E-state index is 0.184. The van der Waals surface area contributed by atoms with Gasteiger partial charge in [0.2, 0.25) is 0 Å². The highest BCUT2D eigenvalue weighted by atomic mass is 32.1. The van der Waals surface area contributed by atoms with E-state index in [1.54, 1.807) is 11.3 Å². The first-order valence-electron chi connectivity index (χ1n) is 8.32. The molecule has 2 bridgehead atoms. The van der Waals surface area contributed by atoms with Crippen molar-refractivity contribution in [2.75, 3.05) is 7.05 Å². The van der Waals surface area contributed by atoms with Crippen LogP contribution in [-0.2, 0) is 6.42 Å². The van der Waals surface area contributed by atoms with Gasteiger partial charge in [0.1, 0.15) is 0 Å². The number of piperidine rings is 1. The van der Waals surface area contributed by atoms with Crippen LogP contribution in [0.5, 0.6) is 0 Å². The van der Waals surface area contributed by atoms with Gasteiger partial charge in [0, 0.05) is 18.0 Å². The minimum atomic E-state index is -0.294. The van der Waals surface area contributed by atoms with Crippen LogP contribution in [0.3, 0.4) is 0 Å². The van der Waals surface area contributed by atoms with Gasteiger partial charge in [0.05, 0.1) is 21.7 Å². The van der Waals surface area contributed by atoms with E-state index in [-0.39, 0.29) is 11.5 Å². The molecule has 3 aliphatic rings. The third kappa shape index (κ3) is 2.36. The lowest BCUT2D eigenvalue weighted by atomic mass is 9.77. The molecule has 0 spiro atoms. The lowest BCUT2D eigenvalue weighted by Crippen LogP contribution is -2.39. The highest BCUT2D eigenvalue weighted by Gasteiger charge is 2.41. The molecule has 0 radical (unpaired) electrons. The molecular formula is C17H26N2OS. The summed E-state index contributed by atoms with van der Waals surface area (Å²) in [5, 5.41) is 11.7. The molecule has 1 aliphatic carbocycles. The van der Waals surface area contributed by atoms with Crippen LogP contribution in [0, 0.1) is 5.41 Å². The third-order valence-electron chi connectivity index (χ3n) is 5.89. The molecule has 0 saturated carbocycles. The molecule has 2 fully saturated rings. The molecule has 3 atom stereocenters. The predicted molar refractivity (Wildman–Crippen MR) is 85.7 cm³/mol. The van der Waals surface area contributed by atoms with E-state index in [1.165, 1.54) is 36.4 Å². The number of aliphatic hydroxyl groups is 1. The quantitative estimate of drug-likeness (QED) is 0.863. The summed E-state index contributed by atoms with van der Waals surface area (Å²) in [6, 6.07) is 1.52. The fourth-order valence-electron chi connectivity index (χ4n) is 4.70. The smallest absolute Gasteiger partial charge is 0.0964 e. The molecule has 3 heterocycles. The van der Waals surface area contributed by atoms with E-state index in [0.29, 0.717) is 5.92 Å². The molecule has 2 saturated heterocycles. The second kappa shape index (κ2) is 4.77. The van der Waals surface area contributed by atoms with Crippen LogP contribution in [0.2, 0.25) is 0 Å². The van der Waals surface area contributed by atoms with Gasteiger partial charge in [-0.3, -0.25) is 0 Å². The summed E-state index contributed by atoms with van der Waals surface area (Å²) < 4.78 is 0. The molecule has 0 aromatic carbocycles. The highest BCUT2D eigenvalue weighted by Crippen LogP contribution is 2.47. The van der Waals surface area contributed by atoms with E-state index in [1.807, 2.05) is 0 Å². The average molecular weight is 306 g/mol. The molecule has 2 aliphatic heterocycles. The summed E-state index contributed by atoms with van der Waals surface area (Å²) in [7, 11) is 2.29. The van der Waals surface area contributed by atoms with Gasteiger partial charge in [-0.2, -0.15) is 0 Å². The van der Waals surface area contributed by atoms with E-state index in [0.717, 1.165) is 29.8 Å². The van der Waals surface area contributed by atoms with Crippen molar-refractivity contribution in [2.24, 2.45) is 5.41 Å². The maximum Gasteiger partial charge on any atom is 0.0964 e. The Labute approximate surface area is 131 Å². The topological polar surface area (TPSA) is 36.4 Å². The van der Waals surface area contributed by atoms with Gasteiger partial charge in [-0.15, -0.1) is 11.3 Å². The molecule has 4 heteroatoms. The Balaban J connectivity index is 1.61. The van der Waals surface area contributed by atoms with Gasteiger partial charge in [-0.25, -0.2) is 4.98 Å². The zero-order valence-electron chi connectivity index (χ0n) is 13.3. The van der Waals surface area contributed by atoms with Crippen molar-refractivity contribution in [3.8, 4) is 0 Å². The van der Waals surface area contributed by atoms with Crippen molar-refractivity contribution in [3.05, 3.63) is 15.6 Å². The maximum absolute atomic E-state index is 10.4. The zero-order chi connectivity index (χ0) is 14.8. The second-order valence-corrected chi connectivity index (χ2v) is 9.20. The van der Waals surface area contributed by atoms with Crippen LogP contribution < -0.4 is 0 Å². The van der Waals surface area contributed by atoms with Gasteiger partial charge in [0.25, 0.3) is 0 Å². The summed E-state index contributed by atoms with van der Waals surface area (Å²) >= 11 is 1.80. The van der Waals surface area contributed by atoms with E-state index in [4.69, 9.17) is 4.98 Å². The van der Waals surface area contributed by atoms with E-state index in [2.05, 4.69) is 25.8 Å². The van der Waals surface area contributed by atoms with Crippen LogP contribution in [0.1, 0.15) is 73.6 Å². The van der Waals surface area contributed by atoms with Crippen molar-refractivity contribution in [2.45, 2.75) is 76.5 Å². The SMILES string of the molecule is CN1C2CCC1CC(c1nc3c(s1)C(O)CC(C)(C)C3)C2. The van der Waals surface area contributed by atoms with Crippen LogP contribution in [-0.4, -0.2) is 34.1 Å². The first-order chi connectivity index (χ1) is 9.93. The highest BCUT2D eigenvalue weighted by molar-refractivity contribution is 7.11. The van der Waals surface area contributed by atoms with E-state index < -0.39 is 0 Å². The minimum Gasteiger partial charge on any atom is -0.387 e. The molecule has 21 heavy (non-hydrogen) atoms. The van der Waals surface area contributed by atoms with E-state index in [9.17, 15) is 5.11 Å². The van der Waals surface area contributed by atoms with Crippen LogP contribution in [0.4, 0.5) is 0 Å². The average Bonchev–Trinajstić information content (AvgIpc) is 2.86. The summed E-state index contributed by atoms with van der Waals surface area (Å²) in [5.41, 5.74) is 1.37. The molecule has 3 unspecified atom stereocenters. The normalized spacial score (nSPS) is 38.5. The molecular weight excluding hydrogens is 280 g/mol. The first-order valence-corrected chi connectivity index (χ1v) is 9.14. The third-order valence-corrected chi connectivity index (χ3v) is 7.25. The Hall–Kier alpha value is -0.450. The van der Waals surface area contributed by atoms with Crippen LogP contribution >= 0.6 is 11.3 Å². The number of hydrogen-bond donors (Lipinski definition) is 1. The lowest BCUT2D eigenvalue weighted by Gasteiger charge is -2.35. The fourth-order valence-corrected chi connectivity index (χ4v) is 5.89. The maximum atomic E-state index is 10.4. The van der Waals surface area contributed by atoms with Gasteiger partial charge in [0.15, 0.2) is 0 Å². The van der Waals surface area contributed by atoms with Crippen molar-refractivity contribution in [1.82, 2.24) is 9.88 Å². The number of fused-ring (bicyclic) bond motifs is 3. The Kier molecular flexibility index (Phi) is 3.22. The Morgan fingerprint density at radius 2 is 1.90 bits per heavy atom. The second-order valence-electron chi connectivity index (χ2n) is 8.14. The van der Waals surface area contributed by atoms with E-state index >= 15 is 0 Å². The van der Waals surface area contributed by atoms with Crippen molar-refractivity contribution >= 4 is 11.3 Å². The number of aromatic nitrogens is 1. The molecule has 1 aromatic heterocycles. The number of nitrogens with zero attached hydrogens (tertiary/aromatic N) is 2. The van der Waals surface area contributed by atoms with Crippen molar-refractivity contribution in [1.29, 1.82) is 0 Å². The van der Waals surface area contributed by atoms with Crippen LogP contribution in [0.25, 0.3) is 0 Å². The number of aliphatic hydroxyl groups excluding tert-OH is 1. The Morgan fingerprint density at radius 1 is 1.24 bits per heavy atom. The molecule has 116 valence electrons. The summed E-state index contributed by atoms with van der Waals surface area (Å²) in [4.78, 5) is 8.73. The summed E-state index contributed by atoms with van der Waals surface area (Å²) in [6.07, 6.45) is 6.85. The predicted octanol–water partition coefficient (Wildman–Crippen LogP) is 3.49. The van der Waals surface area contributed by atoms with Gasteiger partial charge >= 0.3 is 0 Å². The molecule has 1 N–H and O–H groups in total. The number of rotatable bonds is 1. The summed E-state index contributed by atoms with van der Waals surface area (Å²) in [5.74, 6) is 0.629. The Bertz CT molecular complexity index is 539. The summed E-state index contributed by atoms with van der Waals surface area (Å²) in [6.45, 7) is 4.49. The van der Waals surface area contributed by atoms with Crippen molar-refractivity contribution in [3.63, 3.8) is 0 Å². The first kappa shape index (κ1) is 14.2. The number of thiazole rings is 1. The van der Waals surface area contributed by atoms with Gasteiger partial charge in [-0.1, -0.05) is 13.8 Å². The zero-order valence-corrected chi connectivity index (χ0v) is 14.1. The standard InChI is InChI=1S/C17H26N2OS/c1-17(2)8-13-15(14(20)9-17)21-16(18-13)10-6-11-4-5-12(7-10)19(11)3/h10-12,14,20H,4-9H2,1-3H3. The molecule has 1 aromatic rings. The number of hydrogen-bond acceptors (Lipinski definition) is 4. The molecule has 0 amide bonds. The van der Waals surface area contributed by atoms with Crippen molar-refractivity contribution < 1.29 is 5.11 Å². The Morgan fingerprint density at radius 3 is 2.57 bits per heavy atom. The largest absolute Gasteiger partial charge is 0.387 e. The fraction of sp³-hybridized carbons (Fsp3) is 0.824. The molecule has 3 nitrogen and oxygen atoms in total. The van der Waals surface area contributed by atoms with Gasteiger partial charge < -0.3 is 10.0 Å². The lowest BCUT2D eigenvalue weighted by molar-refractivity contribution is 0.102. The monoisotopic (exact) mass is 306 g/mol. The molecule has 4 rings (SSSR count). The van der Waals surface area contributed by atoms with Crippen LogP contribution in [0.15, 0.2) is 0 Å².